The summed E-state index contributed by atoms with van der Waals surface area (Å²) in [6.07, 6.45) is 30.0. The number of fused-ring (bicyclic) bond motifs is 9. The Balaban J connectivity index is 0.000000203. The van der Waals surface area contributed by atoms with Gasteiger partial charge in [-0.15, -0.1) is 0 Å². The van der Waals surface area contributed by atoms with Gasteiger partial charge in [0, 0.05) is 67.8 Å². The summed E-state index contributed by atoms with van der Waals surface area (Å²) in [4.78, 5) is 24.8. The summed E-state index contributed by atoms with van der Waals surface area (Å²) in [6, 6.07) is 70.5. The number of nitrogen functional groups attached to an aromatic ring is 4. The minimum Gasteiger partial charge on any atom is -0.383 e. The van der Waals surface area contributed by atoms with Crippen molar-refractivity contribution in [1.82, 2.24) is 74.2 Å². The van der Waals surface area contributed by atoms with E-state index >= 15 is 0 Å². The fourth-order valence-electron chi connectivity index (χ4n) is 16.0. The maximum Gasteiger partial charge on any atom is 0.135 e. The van der Waals surface area contributed by atoms with Crippen molar-refractivity contribution >= 4 is 78.8 Å². The average Bonchev–Trinajstić information content (AvgIpc) is 1.66. The van der Waals surface area contributed by atoms with Gasteiger partial charge in [0.25, 0.3) is 0 Å². The van der Waals surface area contributed by atoms with Gasteiger partial charge in [0.1, 0.15) is 29.0 Å². The first-order valence-electron chi connectivity index (χ1n) is 45.6. The molecule has 0 bridgehead atoms. The largest absolute Gasteiger partial charge is 0.383 e. The minimum atomic E-state index is 0.340. The summed E-state index contributed by atoms with van der Waals surface area (Å²) in [5.74, 6) is 2.27. The number of hydrogen-bond acceptors (Lipinski definition) is 15. The van der Waals surface area contributed by atoms with E-state index in [2.05, 4.69) is 174 Å². The van der Waals surface area contributed by atoms with Crippen molar-refractivity contribution in [1.29, 1.82) is 0 Å². The first kappa shape index (κ1) is 99.1. The van der Waals surface area contributed by atoms with Crippen molar-refractivity contribution < 1.29 is 0 Å². The number of anilines is 4. The molecule has 658 valence electrons. The molecule has 0 spiro atoms. The summed E-state index contributed by atoms with van der Waals surface area (Å²) in [5.41, 5.74) is 47.7. The fourth-order valence-corrected chi connectivity index (χ4v) is 16.0. The number of para-hydroxylation sites is 1. The molecule has 4 unspecified atom stereocenters. The Morgan fingerprint density at radius 1 is 0.296 bits per heavy atom. The average molecular weight is 1680 g/mol. The lowest BCUT2D eigenvalue weighted by Crippen LogP contribution is -2.19. The van der Waals surface area contributed by atoms with Crippen molar-refractivity contribution in [3.63, 3.8) is 0 Å². The number of aryl methyl sites for hydroxylation is 7. The van der Waals surface area contributed by atoms with Crippen LogP contribution in [0.4, 0.5) is 29.0 Å². The van der Waals surface area contributed by atoms with E-state index in [0.29, 0.717) is 47.4 Å². The maximum absolute atomic E-state index is 6.25. The number of nitrogens with zero attached hydrogens (tertiary/aromatic N) is 15. The molecule has 0 saturated carbocycles. The summed E-state index contributed by atoms with van der Waals surface area (Å²) >= 11 is 0. The third-order valence-electron chi connectivity index (χ3n) is 21.3. The van der Waals surface area contributed by atoms with Crippen LogP contribution in [0.2, 0.25) is 0 Å². The number of hydrogen-bond donors (Lipinski definition) is 5. The number of H-pyrrole nitrogens is 1. The first-order chi connectivity index (χ1) is 61.5. The maximum atomic E-state index is 6.25. The fraction of sp³-hybridized carbons (Fsp3) is 0.343. The van der Waals surface area contributed by atoms with Crippen LogP contribution in [-0.4, -0.2) is 80.5 Å². The Labute approximate surface area is 744 Å². The molecule has 21 rings (SSSR count). The van der Waals surface area contributed by atoms with E-state index in [-0.39, 0.29) is 0 Å². The van der Waals surface area contributed by atoms with E-state index in [4.69, 9.17) is 43.3 Å². The van der Waals surface area contributed by atoms with Crippen LogP contribution >= 0.6 is 0 Å². The van der Waals surface area contributed by atoms with Crippen molar-refractivity contribution in [2.45, 2.75) is 239 Å². The van der Waals surface area contributed by atoms with Gasteiger partial charge in [0.15, 0.2) is 0 Å². The standard InChI is InChI=1S/C22H20N4.3C17H18N4.C8H7N.C5H5N.C3H4N2.8C2H6/c23-22-20-19(12-13-24-22)26(25-21(20)16-7-2-1-3-8-16)18-11-10-15-6-4-5-9-17(15)14-18;3*1-11-16-15(8-9-19-17(16)18)21(20-11)14-7-6-12-4-2-3-5-13(12)10-14;1-2-4-8-7(3-1)5-6-9-8;1-2-4-6-5-3-1;1-2-4-5-3-1;8*1-2/h1-9,12-13,18H,10-11,14H2,(H2,23,24);3*2-5,8-9,14H,6-7,10H2,1H3,(H2,18,19);1-4,6H,5H2;1-5H;1-3H,(H,4,5);8*1-2H3. The van der Waals surface area contributed by atoms with Gasteiger partial charge in [-0.2, -0.15) is 25.5 Å². The van der Waals surface area contributed by atoms with E-state index < -0.39 is 0 Å². The first-order valence-corrected chi connectivity index (χ1v) is 45.6. The Bertz CT molecular complexity index is 5410. The molecule has 1 aliphatic heterocycles. The predicted octanol–water partition coefficient (Wildman–Crippen LogP) is 25.2. The van der Waals surface area contributed by atoms with E-state index in [0.717, 1.165) is 161 Å². The molecule has 10 aromatic heterocycles. The Hall–Kier alpha value is -13.0. The van der Waals surface area contributed by atoms with Crippen molar-refractivity contribution in [2.24, 2.45) is 4.99 Å². The highest BCUT2D eigenvalue weighted by Crippen LogP contribution is 2.40. The van der Waals surface area contributed by atoms with Crippen LogP contribution in [0.15, 0.2) is 255 Å². The van der Waals surface area contributed by atoms with Crippen molar-refractivity contribution in [3.8, 4) is 11.3 Å². The number of aliphatic imine (C=N–C) groups is 1. The van der Waals surface area contributed by atoms with E-state index in [1.165, 1.54) is 50.1 Å². The third kappa shape index (κ3) is 25.6. The molecule has 0 saturated heterocycles. The molecule has 5 aliphatic rings. The normalized spacial score (nSPS) is 14.5. The predicted molar refractivity (Wildman–Crippen MR) is 529 cm³/mol. The van der Waals surface area contributed by atoms with Gasteiger partial charge in [-0.25, -0.2) is 19.9 Å². The van der Waals surface area contributed by atoms with Crippen LogP contribution in [-0.2, 0) is 57.8 Å². The smallest absolute Gasteiger partial charge is 0.135 e. The second-order valence-electron chi connectivity index (χ2n) is 28.2. The summed E-state index contributed by atoms with van der Waals surface area (Å²) in [7, 11) is 0. The van der Waals surface area contributed by atoms with E-state index in [1.807, 2.05) is 223 Å². The van der Waals surface area contributed by atoms with Gasteiger partial charge in [-0.1, -0.05) is 262 Å². The topological polar surface area (TPSA) is 281 Å². The number of pyridine rings is 5. The van der Waals surface area contributed by atoms with Crippen LogP contribution < -0.4 is 22.9 Å². The van der Waals surface area contributed by atoms with Crippen LogP contribution in [0, 0.1) is 20.8 Å². The quantitative estimate of drug-likeness (QED) is 0.107. The third-order valence-corrected chi connectivity index (χ3v) is 21.3. The number of nitrogens with two attached hydrogens (primary N) is 4. The number of aromatic nitrogens is 15. The lowest BCUT2D eigenvalue weighted by molar-refractivity contribution is 0.415. The molecule has 4 atom stereocenters. The lowest BCUT2D eigenvalue weighted by atomic mass is 9.88. The molecule has 11 heterocycles. The lowest BCUT2D eigenvalue weighted by Gasteiger charge is -2.25. The molecule has 9 N–H and O–H groups in total. The molecule has 20 heteroatoms. The Morgan fingerprint density at radius 3 is 0.888 bits per heavy atom. The summed E-state index contributed by atoms with van der Waals surface area (Å²) < 4.78 is 8.63. The van der Waals surface area contributed by atoms with Gasteiger partial charge in [-0.05, 0) is 196 Å². The molecule has 20 nitrogen and oxygen atoms in total. The Morgan fingerprint density at radius 2 is 0.592 bits per heavy atom. The van der Waals surface area contributed by atoms with Crippen LogP contribution in [0.1, 0.15) is 228 Å². The highest BCUT2D eigenvalue weighted by Gasteiger charge is 2.29. The molecule has 0 amide bonds. The number of benzene rings is 6. The van der Waals surface area contributed by atoms with Crippen molar-refractivity contribution in [3.05, 3.63) is 317 Å². The molecule has 6 aromatic carbocycles. The highest BCUT2D eigenvalue weighted by molar-refractivity contribution is 6.00. The summed E-state index contributed by atoms with van der Waals surface area (Å²) in [6.45, 7) is 38.0. The second-order valence-corrected chi connectivity index (χ2v) is 28.2. The molecule has 16 aromatic rings. The molecule has 125 heavy (non-hydrogen) atoms. The van der Waals surface area contributed by atoms with E-state index in [9.17, 15) is 0 Å². The highest BCUT2D eigenvalue weighted by atomic mass is 15.3. The second kappa shape index (κ2) is 53.2. The molecular formula is C105H138N20. The van der Waals surface area contributed by atoms with Crippen LogP contribution in [0.5, 0.6) is 0 Å². The van der Waals surface area contributed by atoms with Crippen LogP contribution in [0.25, 0.3) is 54.9 Å². The molecule has 0 fully saturated rings. The number of nitrogens with one attached hydrogen (secondary N) is 1. The zero-order valence-corrected chi connectivity index (χ0v) is 77.8. The molecule has 0 radical (unpaired) electrons. The molecule has 4 aliphatic carbocycles. The van der Waals surface area contributed by atoms with Gasteiger partial charge in [0.2, 0.25) is 0 Å². The van der Waals surface area contributed by atoms with E-state index in [1.54, 1.807) is 49.6 Å². The zero-order valence-electron chi connectivity index (χ0n) is 77.8. The van der Waals surface area contributed by atoms with Crippen molar-refractivity contribution in [2.75, 3.05) is 22.9 Å². The van der Waals surface area contributed by atoms with Gasteiger partial charge >= 0.3 is 0 Å². The minimum absolute atomic E-state index is 0.340. The van der Waals surface area contributed by atoms with Crippen LogP contribution in [0.3, 0.4) is 0 Å². The number of aromatic amines is 1. The Kier molecular flexibility index (Phi) is 42.2. The SMILES string of the molecule is C1=Nc2ccccc2C1.CC.CC.CC.CC.CC.CC.CC.CC.Cc1nn(C2CCc3ccccc3C2)c2ccnc(N)c12.Cc1nn(C2CCc3ccccc3C2)c2ccnc(N)c12.Cc1nn(C2CCc3ccccc3C2)c2ccnc(N)c12.Nc1nccc2c1c(-c1ccccc1)nn2C1CCc2ccccc2C1.c1ccncc1.c1cn[nH]c1. The monoisotopic (exact) mass is 1680 g/mol. The number of rotatable bonds is 5. The van der Waals surface area contributed by atoms with Gasteiger partial charge < -0.3 is 22.9 Å². The molecular weight excluding hydrogens is 1540 g/mol. The van der Waals surface area contributed by atoms with Gasteiger partial charge in [0.05, 0.1) is 90.5 Å². The zero-order chi connectivity index (χ0) is 90.6. The summed E-state index contributed by atoms with van der Waals surface area (Å²) in [5, 5.41) is 29.4. The van der Waals surface area contributed by atoms with Gasteiger partial charge in [-0.3, -0.25) is 33.8 Å².